The molecule has 0 N–H and O–H groups in total. The molecule has 0 atom stereocenters. The van der Waals surface area contributed by atoms with Crippen LogP contribution in [0.25, 0.3) is 5.57 Å². The van der Waals surface area contributed by atoms with Crippen LogP contribution in [0.2, 0.25) is 0 Å². The number of ether oxygens (including phenoxy) is 2. The van der Waals surface area contributed by atoms with Crippen molar-refractivity contribution in [2.45, 2.75) is 13.8 Å². The molecule has 0 aliphatic carbocycles. The highest BCUT2D eigenvalue weighted by molar-refractivity contribution is 6.39. The van der Waals surface area contributed by atoms with E-state index in [1.807, 2.05) is 13.8 Å². The van der Waals surface area contributed by atoms with E-state index in [1.54, 1.807) is 18.2 Å². The van der Waals surface area contributed by atoms with Crippen LogP contribution < -0.4 is 9.64 Å². The SMILES string of the molecule is COC(=O)N1C(=O)C(=C(C)C)c2ccc(OC)cc21. The third kappa shape index (κ3) is 1.97. The van der Waals surface area contributed by atoms with Gasteiger partial charge in [-0.25, -0.2) is 9.69 Å². The van der Waals surface area contributed by atoms with Crippen molar-refractivity contribution in [1.82, 2.24) is 0 Å². The minimum atomic E-state index is -0.698. The molecule has 1 heterocycles. The summed E-state index contributed by atoms with van der Waals surface area (Å²) in [4.78, 5) is 25.1. The van der Waals surface area contributed by atoms with Gasteiger partial charge in [-0.15, -0.1) is 0 Å². The van der Waals surface area contributed by atoms with Crippen LogP contribution in [0.15, 0.2) is 23.8 Å². The smallest absolute Gasteiger partial charge is 0.421 e. The van der Waals surface area contributed by atoms with Gasteiger partial charge in [0, 0.05) is 17.2 Å². The van der Waals surface area contributed by atoms with E-state index in [0.717, 1.165) is 16.0 Å². The molecule has 0 saturated heterocycles. The maximum absolute atomic E-state index is 12.3. The van der Waals surface area contributed by atoms with Gasteiger partial charge in [-0.1, -0.05) is 5.57 Å². The summed E-state index contributed by atoms with van der Waals surface area (Å²) in [7, 11) is 2.78. The van der Waals surface area contributed by atoms with E-state index in [9.17, 15) is 9.59 Å². The van der Waals surface area contributed by atoms with Crippen LogP contribution in [0.3, 0.4) is 0 Å². The molecule has 2 amide bonds. The second-order valence-electron chi connectivity index (χ2n) is 4.37. The first kappa shape index (κ1) is 13.1. The van der Waals surface area contributed by atoms with Gasteiger partial charge in [0.05, 0.1) is 19.9 Å². The summed E-state index contributed by atoms with van der Waals surface area (Å²) >= 11 is 0. The fraction of sp³-hybridized carbons (Fsp3) is 0.286. The Bertz CT molecular complexity index is 585. The van der Waals surface area contributed by atoms with Crippen LogP contribution in [0.4, 0.5) is 10.5 Å². The molecule has 5 heteroatoms. The lowest BCUT2D eigenvalue weighted by molar-refractivity contribution is -0.112. The molecular formula is C14H15NO4. The molecule has 100 valence electrons. The van der Waals surface area contributed by atoms with E-state index in [0.29, 0.717) is 17.0 Å². The second kappa shape index (κ2) is 4.76. The van der Waals surface area contributed by atoms with Gasteiger partial charge < -0.3 is 9.47 Å². The Labute approximate surface area is 111 Å². The second-order valence-corrected chi connectivity index (χ2v) is 4.37. The number of methoxy groups -OCH3 is 2. The Morgan fingerprint density at radius 1 is 1.21 bits per heavy atom. The third-order valence-electron chi connectivity index (χ3n) is 2.99. The lowest BCUT2D eigenvalue weighted by Gasteiger charge is -2.13. The van der Waals surface area contributed by atoms with Gasteiger partial charge in [0.15, 0.2) is 0 Å². The molecule has 0 saturated carbocycles. The fourth-order valence-electron chi connectivity index (χ4n) is 2.13. The summed E-state index contributed by atoms with van der Waals surface area (Å²) in [6.07, 6.45) is -0.698. The molecule has 1 aromatic rings. The molecule has 19 heavy (non-hydrogen) atoms. The van der Waals surface area contributed by atoms with Crippen molar-refractivity contribution >= 4 is 23.3 Å². The molecule has 1 aliphatic heterocycles. The van der Waals surface area contributed by atoms with Gasteiger partial charge >= 0.3 is 6.09 Å². The molecule has 1 aromatic carbocycles. The number of fused-ring (bicyclic) bond motifs is 1. The zero-order chi connectivity index (χ0) is 14.2. The molecule has 0 bridgehead atoms. The van der Waals surface area contributed by atoms with Crippen LogP contribution in [0.5, 0.6) is 5.75 Å². The van der Waals surface area contributed by atoms with E-state index >= 15 is 0 Å². The van der Waals surface area contributed by atoms with Gasteiger partial charge in [0.1, 0.15) is 5.75 Å². The lowest BCUT2D eigenvalue weighted by atomic mass is 10.0. The van der Waals surface area contributed by atoms with Crippen LogP contribution in [-0.4, -0.2) is 26.2 Å². The minimum Gasteiger partial charge on any atom is -0.497 e. The van der Waals surface area contributed by atoms with E-state index in [1.165, 1.54) is 14.2 Å². The largest absolute Gasteiger partial charge is 0.497 e. The van der Waals surface area contributed by atoms with Crippen molar-refractivity contribution < 1.29 is 19.1 Å². The summed E-state index contributed by atoms with van der Waals surface area (Å²) in [6, 6.07) is 5.19. The average molecular weight is 261 g/mol. The van der Waals surface area contributed by atoms with Gasteiger partial charge in [0.2, 0.25) is 0 Å². The molecule has 0 fully saturated rings. The highest BCUT2D eigenvalue weighted by Crippen LogP contribution is 2.40. The normalized spacial score (nSPS) is 13.4. The topological polar surface area (TPSA) is 55.8 Å². The molecule has 2 rings (SSSR count). The lowest BCUT2D eigenvalue weighted by Crippen LogP contribution is -2.33. The standard InChI is InChI=1S/C14H15NO4/c1-8(2)12-10-6-5-9(18-3)7-11(10)15(13(12)16)14(17)19-4/h5-7H,1-4H3. The molecule has 0 aromatic heterocycles. The first-order chi connectivity index (χ1) is 9.01. The summed E-state index contributed by atoms with van der Waals surface area (Å²) < 4.78 is 9.79. The van der Waals surface area contributed by atoms with Crippen LogP contribution in [0.1, 0.15) is 19.4 Å². The number of nitrogens with zero attached hydrogens (tertiary/aromatic N) is 1. The van der Waals surface area contributed by atoms with E-state index in [2.05, 4.69) is 4.74 Å². The van der Waals surface area contributed by atoms with Crippen molar-refractivity contribution in [3.63, 3.8) is 0 Å². The number of amides is 2. The highest BCUT2D eigenvalue weighted by atomic mass is 16.5. The molecule has 0 radical (unpaired) electrons. The summed E-state index contributed by atoms with van der Waals surface area (Å²) in [5, 5.41) is 0. The van der Waals surface area contributed by atoms with Crippen LogP contribution in [-0.2, 0) is 9.53 Å². The quantitative estimate of drug-likeness (QED) is 0.729. The molecular weight excluding hydrogens is 246 g/mol. The number of hydrogen-bond acceptors (Lipinski definition) is 4. The predicted octanol–water partition coefficient (Wildman–Crippen LogP) is 2.60. The zero-order valence-electron chi connectivity index (χ0n) is 11.3. The number of carbonyl (C=O) groups is 2. The van der Waals surface area contributed by atoms with Gasteiger partial charge in [-0.3, -0.25) is 4.79 Å². The predicted molar refractivity (Wildman–Crippen MR) is 71.2 cm³/mol. The first-order valence-electron chi connectivity index (χ1n) is 5.79. The number of carbonyl (C=O) groups excluding carboxylic acids is 2. The Hall–Kier alpha value is -2.30. The number of hydrogen-bond donors (Lipinski definition) is 0. The van der Waals surface area contributed by atoms with Crippen LogP contribution >= 0.6 is 0 Å². The number of benzene rings is 1. The van der Waals surface area contributed by atoms with Crippen molar-refractivity contribution in [2.24, 2.45) is 0 Å². The monoisotopic (exact) mass is 261 g/mol. The van der Waals surface area contributed by atoms with Gasteiger partial charge in [0.25, 0.3) is 5.91 Å². The number of anilines is 1. The Kier molecular flexibility index (Phi) is 3.29. The minimum absolute atomic E-state index is 0.366. The van der Waals surface area contributed by atoms with E-state index < -0.39 is 6.09 Å². The zero-order valence-corrected chi connectivity index (χ0v) is 11.3. The highest BCUT2D eigenvalue weighted by Gasteiger charge is 2.38. The van der Waals surface area contributed by atoms with Crippen LogP contribution in [0, 0.1) is 0 Å². The van der Waals surface area contributed by atoms with Crippen molar-refractivity contribution in [2.75, 3.05) is 19.1 Å². The average Bonchev–Trinajstić information content (AvgIpc) is 2.68. The Morgan fingerprint density at radius 3 is 2.42 bits per heavy atom. The summed E-state index contributed by atoms with van der Waals surface area (Å²) in [5.74, 6) is 0.213. The maximum Gasteiger partial charge on any atom is 0.421 e. The van der Waals surface area contributed by atoms with E-state index in [4.69, 9.17) is 4.74 Å². The number of imide groups is 1. The Morgan fingerprint density at radius 2 is 1.89 bits per heavy atom. The van der Waals surface area contributed by atoms with Gasteiger partial charge in [-0.2, -0.15) is 0 Å². The summed E-state index contributed by atoms with van der Waals surface area (Å²) in [6.45, 7) is 3.67. The summed E-state index contributed by atoms with van der Waals surface area (Å²) in [5.41, 5.74) is 2.59. The molecule has 1 aliphatic rings. The van der Waals surface area contributed by atoms with Crippen molar-refractivity contribution in [1.29, 1.82) is 0 Å². The first-order valence-corrected chi connectivity index (χ1v) is 5.79. The van der Waals surface area contributed by atoms with Gasteiger partial charge in [-0.05, 0) is 26.0 Å². The molecule has 0 spiro atoms. The molecule has 5 nitrogen and oxygen atoms in total. The maximum atomic E-state index is 12.3. The molecule has 0 unspecified atom stereocenters. The fourth-order valence-corrected chi connectivity index (χ4v) is 2.13. The number of rotatable bonds is 1. The van der Waals surface area contributed by atoms with Crippen molar-refractivity contribution in [3.8, 4) is 5.75 Å². The third-order valence-corrected chi connectivity index (χ3v) is 2.99. The Balaban J connectivity index is 2.67. The van der Waals surface area contributed by atoms with E-state index in [-0.39, 0.29) is 5.91 Å². The number of allylic oxidation sites excluding steroid dienone is 1. The van der Waals surface area contributed by atoms with Crippen molar-refractivity contribution in [3.05, 3.63) is 29.3 Å².